The van der Waals surface area contributed by atoms with Crippen LogP contribution in [-0.4, -0.2) is 17.6 Å². The highest BCUT2D eigenvalue weighted by Gasteiger charge is 2.01. The number of carbonyl (C=O) groups is 2. The van der Waals surface area contributed by atoms with E-state index in [1.807, 2.05) is 0 Å². The predicted octanol–water partition coefficient (Wildman–Crippen LogP) is 4.15. The Morgan fingerprint density at radius 2 is 1.75 bits per heavy atom. The van der Waals surface area contributed by atoms with Crippen LogP contribution in [-0.2, 0) is 4.79 Å². The molecule has 0 N–H and O–H groups in total. The standard InChI is InChI=1S/C16H19ClO3/c1-2-14(18)7-5-3-4-6-12-20-15-10-8-13(9-11-15)16(17)19/h2,8-11H,1,3-7,12H2. The smallest absolute Gasteiger partial charge is 0.252 e. The van der Waals surface area contributed by atoms with Gasteiger partial charge in [0.2, 0.25) is 0 Å². The molecule has 0 aromatic heterocycles. The summed E-state index contributed by atoms with van der Waals surface area (Å²) in [5.41, 5.74) is 0.464. The molecule has 0 fully saturated rings. The highest BCUT2D eigenvalue weighted by atomic mass is 35.5. The average Bonchev–Trinajstić information content (AvgIpc) is 2.46. The molecule has 0 unspecified atom stereocenters. The van der Waals surface area contributed by atoms with Crippen LogP contribution in [0, 0.1) is 0 Å². The molecule has 0 saturated heterocycles. The number of halogens is 1. The maximum atomic E-state index is 11.0. The summed E-state index contributed by atoms with van der Waals surface area (Å²) in [6.07, 6.45) is 5.85. The van der Waals surface area contributed by atoms with E-state index in [0.29, 0.717) is 18.6 Å². The lowest BCUT2D eigenvalue weighted by Crippen LogP contribution is -1.98. The Labute approximate surface area is 124 Å². The van der Waals surface area contributed by atoms with Crippen LogP contribution >= 0.6 is 11.6 Å². The minimum atomic E-state index is -0.467. The minimum absolute atomic E-state index is 0.107. The first kappa shape index (κ1) is 16.4. The van der Waals surface area contributed by atoms with Crippen molar-refractivity contribution in [2.75, 3.05) is 6.61 Å². The molecule has 108 valence electrons. The molecule has 0 heterocycles. The summed E-state index contributed by atoms with van der Waals surface area (Å²) in [6.45, 7) is 4.07. The lowest BCUT2D eigenvalue weighted by Gasteiger charge is -2.06. The van der Waals surface area contributed by atoms with Crippen LogP contribution in [0.1, 0.15) is 42.5 Å². The number of hydrogen-bond donors (Lipinski definition) is 0. The Morgan fingerprint density at radius 3 is 2.35 bits per heavy atom. The summed E-state index contributed by atoms with van der Waals surface area (Å²) in [5.74, 6) is 0.837. The van der Waals surface area contributed by atoms with Crippen molar-refractivity contribution in [2.45, 2.75) is 32.1 Å². The summed E-state index contributed by atoms with van der Waals surface area (Å²) in [4.78, 5) is 21.9. The maximum Gasteiger partial charge on any atom is 0.252 e. The van der Waals surface area contributed by atoms with E-state index in [1.165, 1.54) is 6.08 Å². The molecule has 0 amide bonds. The first-order valence-corrected chi connectivity index (χ1v) is 7.09. The van der Waals surface area contributed by atoms with E-state index in [4.69, 9.17) is 16.3 Å². The van der Waals surface area contributed by atoms with Crippen LogP contribution in [0.15, 0.2) is 36.9 Å². The predicted molar refractivity (Wildman–Crippen MR) is 80.4 cm³/mol. The van der Waals surface area contributed by atoms with Gasteiger partial charge in [0.15, 0.2) is 5.78 Å². The van der Waals surface area contributed by atoms with Gasteiger partial charge >= 0.3 is 0 Å². The molecule has 0 saturated carbocycles. The van der Waals surface area contributed by atoms with Crippen molar-refractivity contribution in [3.63, 3.8) is 0 Å². The highest BCUT2D eigenvalue weighted by Crippen LogP contribution is 2.14. The number of benzene rings is 1. The van der Waals surface area contributed by atoms with Gasteiger partial charge in [-0.2, -0.15) is 0 Å². The van der Waals surface area contributed by atoms with E-state index < -0.39 is 5.24 Å². The Kier molecular flexibility index (Phi) is 7.66. The van der Waals surface area contributed by atoms with Crippen molar-refractivity contribution in [2.24, 2.45) is 0 Å². The largest absolute Gasteiger partial charge is 0.494 e. The number of ether oxygens (including phenoxy) is 1. The molecule has 0 spiro atoms. The van der Waals surface area contributed by atoms with E-state index in [1.54, 1.807) is 24.3 Å². The second-order valence-corrected chi connectivity index (χ2v) is 4.82. The van der Waals surface area contributed by atoms with Crippen LogP contribution in [0.2, 0.25) is 0 Å². The summed E-state index contributed by atoms with van der Waals surface area (Å²) in [6, 6.07) is 6.76. The fraction of sp³-hybridized carbons (Fsp3) is 0.375. The Morgan fingerprint density at radius 1 is 1.10 bits per heavy atom. The van der Waals surface area contributed by atoms with Crippen LogP contribution in [0.25, 0.3) is 0 Å². The van der Waals surface area contributed by atoms with Crippen molar-refractivity contribution in [1.29, 1.82) is 0 Å². The third kappa shape index (κ3) is 6.53. The van der Waals surface area contributed by atoms with Crippen LogP contribution < -0.4 is 4.74 Å². The third-order valence-electron chi connectivity index (χ3n) is 2.90. The normalized spacial score (nSPS) is 10.1. The summed E-state index contributed by atoms with van der Waals surface area (Å²) in [7, 11) is 0. The minimum Gasteiger partial charge on any atom is -0.494 e. The number of unbranched alkanes of at least 4 members (excludes halogenated alkanes) is 3. The Bertz CT molecular complexity index is 451. The fourth-order valence-electron chi connectivity index (χ4n) is 1.73. The van der Waals surface area contributed by atoms with E-state index in [0.717, 1.165) is 31.4 Å². The zero-order valence-corrected chi connectivity index (χ0v) is 12.2. The monoisotopic (exact) mass is 294 g/mol. The lowest BCUT2D eigenvalue weighted by atomic mass is 10.1. The molecule has 0 aliphatic heterocycles. The quantitative estimate of drug-likeness (QED) is 0.370. The van der Waals surface area contributed by atoms with E-state index in [-0.39, 0.29) is 5.78 Å². The van der Waals surface area contributed by atoms with Crippen molar-refractivity contribution < 1.29 is 14.3 Å². The van der Waals surface area contributed by atoms with Crippen molar-refractivity contribution in [1.82, 2.24) is 0 Å². The van der Waals surface area contributed by atoms with E-state index in [2.05, 4.69) is 6.58 Å². The fourth-order valence-corrected chi connectivity index (χ4v) is 1.86. The molecule has 0 atom stereocenters. The molecular weight excluding hydrogens is 276 g/mol. The van der Waals surface area contributed by atoms with Gasteiger partial charge in [-0.1, -0.05) is 19.4 Å². The number of rotatable bonds is 10. The van der Waals surface area contributed by atoms with Crippen LogP contribution in [0.3, 0.4) is 0 Å². The zero-order chi connectivity index (χ0) is 14.8. The molecule has 3 nitrogen and oxygen atoms in total. The topological polar surface area (TPSA) is 43.4 Å². The van der Waals surface area contributed by atoms with Crippen molar-refractivity contribution in [3.8, 4) is 5.75 Å². The molecule has 4 heteroatoms. The molecule has 1 aromatic rings. The number of allylic oxidation sites excluding steroid dienone is 1. The first-order chi connectivity index (χ1) is 9.63. The molecule has 1 rings (SSSR count). The van der Waals surface area contributed by atoms with Crippen molar-refractivity contribution in [3.05, 3.63) is 42.5 Å². The average molecular weight is 295 g/mol. The Hall–Kier alpha value is -1.61. The molecular formula is C16H19ClO3. The van der Waals surface area contributed by atoms with E-state index in [9.17, 15) is 9.59 Å². The number of hydrogen-bond acceptors (Lipinski definition) is 3. The maximum absolute atomic E-state index is 11.0. The van der Waals surface area contributed by atoms with Gasteiger partial charge in [0, 0.05) is 12.0 Å². The number of carbonyl (C=O) groups excluding carboxylic acids is 2. The molecule has 0 radical (unpaired) electrons. The molecule has 0 bridgehead atoms. The van der Waals surface area contributed by atoms with Gasteiger partial charge in [0.05, 0.1) is 6.61 Å². The summed E-state index contributed by atoms with van der Waals surface area (Å²) in [5, 5.41) is -0.467. The second-order valence-electron chi connectivity index (χ2n) is 4.48. The van der Waals surface area contributed by atoms with Gasteiger partial charge in [-0.3, -0.25) is 9.59 Å². The Balaban J connectivity index is 2.10. The van der Waals surface area contributed by atoms with Gasteiger partial charge in [-0.15, -0.1) is 0 Å². The highest BCUT2D eigenvalue weighted by molar-refractivity contribution is 6.67. The van der Waals surface area contributed by atoms with Gasteiger partial charge in [-0.05, 0) is 54.8 Å². The van der Waals surface area contributed by atoms with Crippen LogP contribution in [0.4, 0.5) is 0 Å². The van der Waals surface area contributed by atoms with E-state index >= 15 is 0 Å². The molecule has 0 aliphatic rings. The van der Waals surface area contributed by atoms with Crippen LogP contribution in [0.5, 0.6) is 5.75 Å². The third-order valence-corrected chi connectivity index (χ3v) is 3.11. The second kappa shape index (κ2) is 9.32. The van der Waals surface area contributed by atoms with Gasteiger partial charge in [0.25, 0.3) is 5.24 Å². The SMILES string of the molecule is C=CC(=O)CCCCCCOc1ccc(C(=O)Cl)cc1. The summed E-state index contributed by atoms with van der Waals surface area (Å²) < 4.78 is 5.55. The first-order valence-electron chi connectivity index (χ1n) is 6.71. The van der Waals surface area contributed by atoms with Gasteiger partial charge < -0.3 is 4.74 Å². The summed E-state index contributed by atoms with van der Waals surface area (Å²) >= 11 is 5.35. The zero-order valence-electron chi connectivity index (χ0n) is 11.4. The molecule has 20 heavy (non-hydrogen) atoms. The number of ketones is 1. The van der Waals surface area contributed by atoms with Gasteiger partial charge in [0.1, 0.15) is 5.75 Å². The molecule has 1 aromatic carbocycles. The molecule has 0 aliphatic carbocycles. The lowest BCUT2D eigenvalue weighted by molar-refractivity contribution is -0.114. The van der Waals surface area contributed by atoms with Gasteiger partial charge in [-0.25, -0.2) is 0 Å². The van der Waals surface area contributed by atoms with Crippen molar-refractivity contribution >= 4 is 22.6 Å².